The fourth-order valence-corrected chi connectivity index (χ4v) is 1.95. The highest BCUT2D eigenvalue weighted by molar-refractivity contribution is 5.82. The molecular weight excluding hydrogens is 247 g/mol. The maximum absolute atomic E-state index is 14.4. The van der Waals surface area contributed by atoms with Crippen molar-refractivity contribution in [2.75, 3.05) is 0 Å². The molecule has 0 spiro atoms. The molecule has 3 aliphatic heterocycles. The van der Waals surface area contributed by atoms with Gasteiger partial charge in [0.15, 0.2) is 5.82 Å². The summed E-state index contributed by atoms with van der Waals surface area (Å²) in [7, 11) is 0. The van der Waals surface area contributed by atoms with E-state index < -0.39 is 12.0 Å². The number of hydrogen-bond donors (Lipinski definition) is 1. The number of urea groups is 1. The number of aliphatic imine (C=N–C) groups is 1. The number of nitrogens with one attached hydrogen (secondary N) is 1. The highest BCUT2D eigenvalue weighted by Gasteiger charge is 2.30. The SMILES string of the molecule is C=C1C=CN(C2=C(F)N3C=CC=CC3C=N2)C(=O)N1. The van der Waals surface area contributed by atoms with Gasteiger partial charge in [0.2, 0.25) is 5.95 Å². The van der Waals surface area contributed by atoms with Gasteiger partial charge in [-0.15, -0.1) is 0 Å². The van der Waals surface area contributed by atoms with Gasteiger partial charge in [-0.05, 0) is 12.2 Å². The molecule has 0 aromatic heterocycles. The number of rotatable bonds is 1. The Labute approximate surface area is 109 Å². The Kier molecular flexibility index (Phi) is 2.56. The average Bonchev–Trinajstić information content (AvgIpc) is 2.41. The molecule has 6 heteroatoms. The van der Waals surface area contributed by atoms with Crippen molar-refractivity contribution in [3.8, 4) is 0 Å². The number of hydrogen-bond acceptors (Lipinski definition) is 3. The molecule has 0 bridgehead atoms. The smallest absolute Gasteiger partial charge is 0.310 e. The van der Waals surface area contributed by atoms with Gasteiger partial charge in [-0.3, -0.25) is 0 Å². The summed E-state index contributed by atoms with van der Waals surface area (Å²) < 4.78 is 14.4. The Morgan fingerprint density at radius 3 is 3.00 bits per heavy atom. The van der Waals surface area contributed by atoms with Gasteiger partial charge >= 0.3 is 6.03 Å². The highest BCUT2D eigenvalue weighted by Crippen LogP contribution is 2.27. The van der Waals surface area contributed by atoms with Gasteiger partial charge in [-0.2, -0.15) is 4.39 Å². The van der Waals surface area contributed by atoms with Crippen molar-refractivity contribution in [3.63, 3.8) is 0 Å². The standard InChI is InChI=1S/C13H11FN4O/c1-9-5-7-18(13(19)16-9)12-11(14)17-6-3-2-4-10(17)8-15-12/h2-8,10H,1H2,(H,16,19). The zero-order chi connectivity index (χ0) is 13.4. The van der Waals surface area contributed by atoms with Crippen molar-refractivity contribution in [1.29, 1.82) is 0 Å². The Morgan fingerprint density at radius 2 is 2.21 bits per heavy atom. The topological polar surface area (TPSA) is 47.9 Å². The van der Waals surface area contributed by atoms with Gasteiger partial charge in [0.05, 0.1) is 6.04 Å². The van der Waals surface area contributed by atoms with E-state index in [-0.39, 0.29) is 11.9 Å². The monoisotopic (exact) mass is 258 g/mol. The Bertz CT molecular complexity index is 600. The van der Waals surface area contributed by atoms with Gasteiger partial charge < -0.3 is 10.2 Å². The third kappa shape index (κ3) is 1.87. The van der Waals surface area contributed by atoms with Crippen LogP contribution in [0.2, 0.25) is 0 Å². The van der Waals surface area contributed by atoms with Crippen molar-refractivity contribution in [1.82, 2.24) is 15.1 Å². The lowest BCUT2D eigenvalue weighted by Gasteiger charge is -2.32. The molecule has 0 fully saturated rings. The fraction of sp³-hybridized carbons (Fsp3) is 0.0769. The lowest BCUT2D eigenvalue weighted by atomic mass is 10.2. The molecule has 96 valence electrons. The highest BCUT2D eigenvalue weighted by atomic mass is 19.1. The molecule has 0 aromatic carbocycles. The van der Waals surface area contributed by atoms with E-state index in [2.05, 4.69) is 16.9 Å². The second-order valence-corrected chi connectivity index (χ2v) is 4.16. The number of allylic oxidation sites excluding steroid dienone is 3. The fourth-order valence-electron chi connectivity index (χ4n) is 1.95. The number of amides is 2. The zero-order valence-electron chi connectivity index (χ0n) is 9.95. The van der Waals surface area contributed by atoms with Gasteiger partial charge in [0, 0.05) is 24.3 Å². The minimum atomic E-state index is -0.569. The van der Waals surface area contributed by atoms with Crippen LogP contribution in [-0.2, 0) is 0 Å². The van der Waals surface area contributed by atoms with Crippen molar-refractivity contribution >= 4 is 12.2 Å². The van der Waals surface area contributed by atoms with Gasteiger partial charge in [-0.25, -0.2) is 14.7 Å². The molecule has 5 nitrogen and oxygen atoms in total. The van der Waals surface area contributed by atoms with Gasteiger partial charge in [0.25, 0.3) is 0 Å². The summed E-state index contributed by atoms with van der Waals surface area (Å²) in [6.07, 6.45) is 11.6. The number of nitrogens with zero attached hydrogens (tertiary/aromatic N) is 3. The van der Waals surface area contributed by atoms with E-state index in [0.29, 0.717) is 5.70 Å². The summed E-state index contributed by atoms with van der Waals surface area (Å²) in [4.78, 5) is 18.3. The summed E-state index contributed by atoms with van der Waals surface area (Å²) in [6.45, 7) is 3.60. The summed E-state index contributed by atoms with van der Waals surface area (Å²) >= 11 is 0. The molecule has 0 aliphatic carbocycles. The quantitative estimate of drug-likeness (QED) is 0.731. The molecule has 0 saturated carbocycles. The molecule has 19 heavy (non-hydrogen) atoms. The maximum Gasteiger partial charge on any atom is 0.331 e. The molecule has 0 radical (unpaired) electrons. The Morgan fingerprint density at radius 1 is 1.37 bits per heavy atom. The summed E-state index contributed by atoms with van der Waals surface area (Å²) in [6, 6.07) is -0.731. The van der Waals surface area contributed by atoms with Crippen LogP contribution < -0.4 is 5.32 Å². The number of halogens is 1. The number of carbonyl (C=O) groups excluding carboxylic acids is 1. The first-order valence-corrected chi connectivity index (χ1v) is 5.71. The minimum absolute atomic E-state index is 0.0440. The molecule has 1 atom stereocenters. The lowest BCUT2D eigenvalue weighted by Crippen LogP contribution is -2.41. The summed E-state index contributed by atoms with van der Waals surface area (Å²) in [5, 5.41) is 2.50. The normalized spacial score (nSPS) is 25.0. The van der Waals surface area contributed by atoms with E-state index in [0.717, 1.165) is 4.90 Å². The van der Waals surface area contributed by atoms with E-state index in [1.54, 1.807) is 24.6 Å². The van der Waals surface area contributed by atoms with E-state index in [1.807, 2.05) is 12.2 Å². The van der Waals surface area contributed by atoms with E-state index >= 15 is 0 Å². The summed E-state index contributed by atoms with van der Waals surface area (Å²) in [5.74, 6) is -0.613. The van der Waals surface area contributed by atoms with Gasteiger partial charge in [-0.1, -0.05) is 18.7 Å². The van der Waals surface area contributed by atoms with Crippen LogP contribution in [0, 0.1) is 0 Å². The van der Waals surface area contributed by atoms with Crippen LogP contribution >= 0.6 is 0 Å². The van der Waals surface area contributed by atoms with Crippen LogP contribution in [0.5, 0.6) is 0 Å². The van der Waals surface area contributed by atoms with Crippen LogP contribution in [0.15, 0.2) is 65.7 Å². The summed E-state index contributed by atoms with van der Waals surface area (Å²) in [5.41, 5.74) is 0.459. The molecule has 2 amide bonds. The van der Waals surface area contributed by atoms with Crippen LogP contribution in [0.4, 0.5) is 9.18 Å². The number of fused-ring (bicyclic) bond motifs is 1. The third-order valence-corrected chi connectivity index (χ3v) is 2.89. The van der Waals surface area contributed by atoms with Crippen LogP contribution in [0.3, 0.4) is 0 Å². The van der Waals surface area contributed by atoms with E-state index in [9.17, 15) is 9.18 Å². The predicted molar refractivity (Wildman–Crippen MR) is 69.2 cm³/mol. The molecule has 0 saturated heterocycles. The van der Waals surface area contributed by atoms with Crippen molar-refractivity contribution < 1.29 is 9.18 Å². The van der Waals surface area contributed by atoms with Crippen LogP contribution in [0.25, 0.3) is 0 Å². The van der Waals surface area contributed by atoms with Crippen molar-refractivity contribution in [2.45, 2.75) is 6.04 Å². The molecule has 3 heterocycles. The van der Waals surface area contributed by atoms with Gasteiger partial charge in [0.1, 0.15) is 0 Å². The number of carbonyl (C=O) groups is 1. The first kappa shape index (κ1) is 11.5. The molecule has 0 aromatic rings. The van der Waals surface area contributed by atoms with Crippen LogP contribution in [-0.4, -0.2) is 28.1 Å². The van der Waals surface area contributed by atoms with E-state index in [4.69, 9.17) is 0 Å². The first-order chi connectivity index (χ1) is 9.16. The van der Waals surface area contributed by atoms with Crippen molar-refractivity contribution in [2.24, 2.45) is 4.99 Å². The Hall–Kier alpha value is -2.63. The second kappa shape index (κ2) is 4.24. The van der Waals surface area contributed by atoms with Crippen molar-refractivity contribution in [3.05, 3.63) is 60.8 Å². The first-order valence-electron chi connectivity index (χ1n) is 5.71. The molecular formula is C13H11FN4O. The molecule has 1 N–H and O–H groups in total. The lowest BCUT2D eigenvalue weighted by molar-refractivity contribution is 0.219. The largest absolute Gasteiger partial charge is 0.331 e. The Balaban J connectivity index is 1.97. The maximum atomic E-state index is 14.4. The predicted octanol–water partition coefficient (Wildman–Crippen LogP) is 1.97. The van der Waals surface area contributed by atoms with E-state index in [1.165, 1.54) is 11.1 Å². The third-order valence-electron chi connectivity index (χ3n) is 2.89. The molecule has 1 unspecified atom stereocenters. The second-order valence-electron chi connectivity index (χ2n) is 4.16. The molecule has 3 rings (SSSR count). The van der Waals surface area contributed by atoms with Crippen LogP contribution in [0.1, 0.15) is 0 Å². The zero-order valence-corrected chi connectivity index (χ0v) is 9.95. The average molecular weight is 258 g/mol. The minimum Gasteiger partial charge on any atom is -0.310 e. The molecule has 3 aliphatic rings.